The molecule has 0 amide bonds. The highest BCUT2D eigenvalue weighted by atomic mass is 28.4. The Balaban J connectivity index is 1.77. The standard InChI is InChI=1S/C16H32O2Si/c1-17-19(18-2,13-11-15-7-3-4-8-15)14-12-16-9-5-6-10-16/h15-16H,3-14H2,1-2H3. The molecular weight excluding hydrogens is 252 g/mol. The first-order chi connectivity index (χ1) is 9.28. The van der Waals surface area contributed by atoms with Crippen molar-refractivity contribution < 1.29 is 8.85 Å². The minimum atomic E-state index is -1.88. The third-order valence-electron chi connectivity index (χ3n) is 5.56. The highest BCUT2D eigenvalue weighted by Crippen LogP contribution is 2.35. The van der Waals surface area contributed by atoms with E-state index in [0.29, 0.717) is 0 Å². The van der Waals surface area contributed by atoms with Crippen LogP contribution in [0.1, 0.15) is 64.2 Å². The van der Waals surface area contributed by atoms with Gasteiger partial charge in [-0.25, -0.2) is 0 Å². The summed E-state index contributed by atoms with van der Waals surface area (Å²) in [5, 5.41) is 0. The monoisotopic (exact) mass is 284 g/mol. The van der Waals surface area contributed by atoms with E-state index in [1.165, 1.54) is 76.3 Å². The van der Waals surface area contributed by atoms with Crippen LogP contribution in [0.5, 0.6) is 0 Å². The van der Waals surface area contributed by atoms with Crippen LogP contribution in [0.4, 0.5) is 0 Å². The number of hydrogen-bond donors (Lipinski definition) is 0. The normalized spacial score (nSPS) is 22.4. The van der Waals surface area contributed by atoms with E-state index >= 15 is 0 Å². The largest absolute Gasteiger partial charge is 0.398 e. The molecule has 0 saturated heterocycles. The van der Waals surface area contributed by atoms with Gasteiger partial charge in [0.05, 0.1) is 0 Å². The van der Waals surface area contributed by atoms with E-state index in [9.17, 15) is 0 Å². The van der Waals surface area contributed by atoms with Crippen molar-refractivity contribution in [1.82, 2.24) is 0 Å². The zero-order chi connectivity index (χ0) is 13.6. The Morgan fingerprint density at radius 3 is 1.42 bits per heavy atom. The third kappa shape index (κ3) is 4.57. The molecule has 0 radical (unpaired) electrons. The van der Waals surface area contributed by atoms with Gasteiger partial charge in [0, 0.05) is 14.2 Å². The number of hydrogen-bond acceptors (Lipinski definition) is 2. The molecule has 19 heavy (non-hydrogen) atoms. The van der Waals surface area contributed by atoms with Crippen LogP contribution >= 0.6 is 0 Å². The van der Waals surface area contributed by atoms with Crippen LogP contribution in [-0.4, -0.2) is 22.8 Å². The van der Waals surface area contributed by atoms with Gasteiger partial charge in [-0.1, -0.05) is 51.4 Å². The second-order valence-corrected chi connectivity index (χ2v) is 10.3. The lowest BCUT2D eigenvalue weighted by Crippen LogP contribution is -2.40. The Labute approximate surface area is 120 Å². The topological polar surface area (TPSA) is 18.5 Å². The van der Waals surface area contributed by atoms with Crippen molar-refractivity contribution >= 4 is 8.56 Å². The quantitative estimate of drug-likeness (QED) is 0.591. The fraction of sp³-hybridized carbons (Fsp3) is 1.00. The van der Waals surface area contributed by atoms with Gasteiger partial charge in [-0.15, -0.1) is 0 Å². The van der Waals surface area contributed by atoms with Crippen molar-refractivity contribution in [2.24, 2.45) is 11.8 Å². The molecule has 0 atom stereocenters. The van der Waals surface area contributed by atoms with E-state index in [1.807, 2.05) is 14.2 Å². The summed E-state index contributed by atoms with van der Waals surface area (Å²) in [6.45, 7) is 0. The summed E-state index contributed by atoms with van der Waals surface area (Å²) < 4.78 is 11.8. The van der Waals surface area contributed by atoms with Crippen LogP contribution < -0.4 is 0 Å². The summed E-state index contributed by atoms with van der Waals surface area (Å²) in [6, 6.07) is 2.44. The van der Waals surface area contributed by atoms with Crippen molar-refractivity contribution in [3.8, 4) is 0 Å². The summed E-state index contributed by atoms with van der Waals surface area (Å²) in [6.07, 6.45) is 14.3. The van der Waals surface area contributed by atoms with Gasteiger partial charge in [0.25, 0.3) is 0 Å². The maximum atomic E-state index is 5.92. The van der Waals surface area contributed by atoms with E-state index in [-0.39, 0.29) is 0 Å². The van der Waals surface area contributed by atoms with Gasteiger partial charge in [0.1, 0.15) is 0 Å². The second kappa shape index (κ2) is 7.80. The molecule has 112 valence electrons. The van der Waals surface area contributed by atoms with E-state index < -0.39 is 8.56 Å². The molecule has 0 aromatic carbocycles. The van der Waals surface area contributed by atoms with Crippen LogP contribution in [0.2, 0.25) is 12.1 Å². The maximum Gasteiger partial charge on any atom is 0.337 e. The van der Waals surface area contributed by atoms with Crippen LogP contribution in [0.15, 0.2) is 0 Å². The first kappa shape index (κ1) is 15.5. The van der Waals surface area contributed by atoms with Crippen molar-refractivity contribution in [2.45, 2.75) is 76.3 Å². The van der Waals surface area contributed by atoms with Gasteiger partial charge in [0.15, 0.2) is 0 Å². The minimum Gasteiger partial charge on any atom is -0.398 e. The zero-order valence-corrected chi connectivity index (χ0v) is 14.0. The van der Waals surface area contributed by atoms with Gasteiger partial charge in [-0.2, -0.15) is 0 Å². The Kier molecular flexibility index (Phi) is 6.37. The summed E-state index contributed by atoms with van der Waals surface area (Å²) in [5.74, 6) is 1.92. The van der Waals surface area contributed by atoms with Crippen molar-refractivity contribution in [3.05, 3.63) is 0 Å². The molecule has 0 aromatic heterocycles. The van der Waals surface area contributed by atoms with E-state index in [4.69, 9.17) is 8.85 Å². The summed E-state index contributed by atoms with van der Waals surface area (Å²) in [7, 11) is 1.90. The van der Waals surface area contributed by atoms with Gasteiger partial charge >= 0.3 is 8.56 Å². The molecule has 0 heterocycles. The number of rotatable bonds is 8. The van der Waals surface area contributed by atoms with Gasteiger partial charge in [0.2, 0.25) is 0 Å². The first-order valence-corrected chi connectivity index (χ1v) is 10.6. The molecule has 2 rings (SSSR count). The Morgan fingerprint density at radius 2 is 1.11 bits per heavy atom. The Hall–Kier alpha value is 0.137. The van der Waals surface area contributed by atoms with Crippen molar-refractivity contribution in [3.63, 3.8) is 0 Å². The lowest BCUT2D eigenvalue weighted by molar-refractivity contribution is 0.233. The van der Waals surface area contributed by atoms with Gasteiger partial charge in [-0.05, 0) is 36.8 Å². The summed E-state index contributed by atoms with van der Waals surface area (Å²) in [5.41, 5.74) is 0. The molecule has 3 heteroatoms. The van der Waals surface area contributed by atoms with Crippen LogP contribution in [-0.2, 0) is 8.85 Å². The Bertz CT molecular complexity index is 219. The fourth-order valence-corrected chi connectivity index (χ4v) is 6.99. The first-order valence-electron chi connectivity index (χ1n) is 8.38. The SMILES string of the molecule is CO[Si](CCC1CCCC1)(CCC1CCCC1)OC. The van der Waals surface area contributed by atoms with Crippen LogP contribution in [0, 0.1) is 11.8 Å². The molecular formula is C16H32O2Si. The average Bonchev–Trinajstić information content (AvgIpc) is 3.13. The molecule has 0 aromatic rings. The Morgan fingerprint density at radius 1 is 0.737 bits per heavy atom. The zero-order valence-electron chi connectivity index (χ0n) is 13.0. The molecule has 2 nitrogen and oxygen atoms in total. The van der Waals surface area contributed by atoms with Crippen molar-refractivity contribution in [1.29, 1.82) is 0 Å². The molecule has 2 fully saturated rings. The lowest BCUT2D eigenvalue weighted by atomic mass is 10.1. The van der Waals surface area contributed by atoms with Crippen LogP contribution in [0.3, 0.4) is 0 Å². The molecule has 0 aliphatic heterocycles. The van der Waals surface area contributed by atoms with E-state index in [0.717, 1.165) is 11.8 Å². The van der Waals surface area contributed by atoms with E-state index in [1.54, 1.807) is 0 Å². The highest BCUT2D eigenvalue weighted by Gasteiger charge is 2.36. The summed E-state index contributed by atoms with van der Waals surface area (Å²) in [4.78, 5) is 0. The molecule has 2 saturated carbocycles. The highest BCUT2D eigenvalue weighted by molar-refractivity contribution is 6.67. The van der Waals surface area contributed by atoms with Crippen molar-refractivity contribution in [2.75, 3.05) is 14.2 Å². The van der Waals surface area contributed by atoms with E-state index in [2.05, 4.69) is 0 Å². The predicted octanol–water partition coefficient (Wildman–Crippen LogP) is 4.88. The molecule has 2 aliphatic carbocycles. The minimum absolute atomic E-state index is 0.962. The second-order valence-electron chi connectivity index (χ2n) is 6.70. The van der Waals surface area contributed by atoms with Crippen LogP contribution in [0.25, 0.3) is 0 Å². The third-order valence-corrected chi connectivity index (χ3v) is 9.15. The molecule has 0 spiro atoms. The van der Waals surface area contributed by atoms with Gasteiger partial charge < -0.3 is 8.85 Å². The molecule has 0 N–H and O–H groups in total. The molecule has 0 bridgehead atoms. The predicted molar refractivity (Wildman–Crippen MR) is 82.5 cm³/mol. The molecule has 0 unspecified atom stereocenters. The molecule has 2 aliphatic rings. The lowest BCUT2D eigenvalue weighted by Gasteiger charge is -2.29. The maximum absolute atomic E-state index is 5.92. The average molecular weight is 285 g/mol. The smallest absolute Gasteiger partial charge is 0.337 e. The van der Waals surface area contributed by atoms with Gasteiger partial charge in [-0.3, -0.25) is 0 Å². The fourth-order valence-electron chi connectivity index (χ4n) is 4.06. The summed E-state index contributed by atoms with van der Waals surface area (Å²) >= 11 is 0.